The number of hydrogen-bond donors (Lipinski definition) is 0. The topological polar surface area (TPSA) is 35.5 Å². The Bertz CT molecular complexity index is 439. The third kappa shape index (κ3) is 11.8. The van der Waals surface area contributed by atoms with Crippen LogP contribution in [0.15, 0.2) is 24.3 Å². The summed E-state index contributed by atoms with van der Waals surface area (Å²) in [6.07, 6.45) is 12.8. The van der Waals surface area contributed by atoms with Crippen molar-refractivity contribution in [3.63, 3.8) is 0 Å². The molecule has 0 saturated heterocycles. The van der Waals surface area contributed by atoms with Crippen molar-refractivity contribution in [2.45, 2.75) is 84.2 Å². The Hall–Kier alpha value is -1.35. The van der Waals surface area contributed by atoms with Gasteiger partial charge in [-0.15, -0.1) is 0 Å². The predicted molar refractivity (Wildman–Crippen MR) is 104 cm³/mol. The molecule has 3 heteroatoms. The predicted octanol–water partition coefficient (Wildman–Crippen LogP) is 6.09. The minimum atomic E-state index is 0.331. The molecule has 25 heavy (non-hydrogen) atoms. The summed E-state index contributed by atoms with van der Waals surface area (Å²) in [4.78, 5) is 11.8. The summed E-state index contributed by atoms with van der Waals surface area (Å²) in [5, 5.41) is 0. The zero-order valence-electron chi connectivity index (χ0n) is 16.2. The molecule has 0 fully saturated rings. The van der Waals surface area contributed by atoms with E-state index in [1.165, 1.54) is 51.4 Å². The van der Waals surface area contributed by atoms with Crippen molar-refractivity contribution in [2.24, 2.45) is 0 Å². The zero-order valence-corrected chi connectivity index (χ0v) is 16.2. The first kappa shape index (κ1) is 21.7. The first-order valence-electron chi connectivity index (χ1n) is 9.98. The number of unbranched alkanes of at least 4 members (excludes halogenated alkanes) is 8. The second-order valence-corrected chi connectivity index (χ2v) is 6.77. The van der Waals surface area contributed by atoms with Gasteiger partial charge in [-0.05, 0) is 24.1 Å². The Labute approximate surface area is 154 Å². The minimum absolute atomic E-state index is 0.331. The van der Waals surface area contributed by atoms with Crippen molar-refractivity contribution in [3.05, 3.63) is 29.8 Å². The lowest BCUT2D eigenvalue weighted by Gasteiger charge is -2.06. The molecule has 0 aliphatic heterocycles. The smallest absolute Gasteiger partial charge is 0.135 e. The highest BCUT2D eigenvalue weighted by atomic mass is 16.5. The molecule has 0 aliphatic carbocycles. The second-order valence-electron chi connectivity index (χ2n) is 6.77. The van der Waals surface area contributed by atoms with Crippen LogP contribution in [0.25, 0.3) is 0 Å². The highest BCUT2D eigenvalue weighted by Gasteiger charge is 2.02. The summed E-state index contributed by atoms with van der Waals surface area (Å²) in [7, 11) is 1.66. The van der Waals surface area contributed by atoms with Crippen LogP contribution in [0.5, 0.6) is 5.75 Å². The molecule has 1 aromatic rings. The largest absolute Gasteiger partial charge is 0.497 e. The molecule has 1 aromatic carbocycles. The summed E-state index contributed by atoms with van der Waals surface area (Å²) >= 11 is 0. The minimum Gasteiger partial charge on any atom is -0.497 e. The molecule has 1 rings (SSSR count). The third-order valence-electron chi connectivity index (χ3n) is 4.51. The van der Waals surface area contributed by atoms with Gasteiger partial charge in [-0.2, -0.15) is 0 Å². The summed E-state index contributed by atoms with van der Waals surface area (Å²) in [6.45, 7) is 3.32. The molecule has 0 aliphatic rings. The fraction of sp³-hybridized carbons (Fsp3) is 0.682. The Morgan fingerprint density at radius 1 is 0.840 bits per heavy atom. The maximum absolute atomic E-state index is 11.8. The van der Waals surface area contributed by atoms with Crippen LogP contribution in [0, 0.1) is 0 Å². The van der Waals surface area contributed by atoms with E-state index in [4.69, 9.17) is 9.47 Å². The van der Waals surface area contributed by atoms with E-state index in [9.17, 15) is 4.79 Å². The van der Waals surface area contributed by atoms with Gasteiger partial charge >= 0.3 is 0 Å². The molecule has 0 unspecified atom stereocenters. The van der Waals surface area contributed by atoms with Crippen molar-refractivity contribution in [2.75, 3.05) is 13.7 Å². The number of methoxy groups -OCH3 is 1. The lowest BCUT2D eigenvalue weighted by molar-refractivity contribution is -0.120. The first-order chi connectivity index (χ1) is 12.3. The summed E-state index contributed by atoms with van der Waals surface area (Å²) in [5.41, 5.74) is 1.10. The number of benzene rings is 1. The molecule has 3 nitrogen and oxygen atoms in total. The highest BCUT2D eigenvalue weighted by molar-refractivity contribution is 5.78. The van der Waals surface area contributed by atoms with Crippen LogP contribution in [-0.2, 0) is 16.1 Å². The van der Waals surface area contributed by atoms with Gasteiger partial charge in [0.2, 0.25) is 0 Å². The maximum atomic E-state index is 11.8. The fourth-order valence-corrected chi connectivity index (χ4v) is 2.86. The molecule has 0 bridgehead atoms. The van der Waals surface area contributed by atoms with E-state index in [1.54, 1.807) is 7.11 Å². The number of ketones is 1. The van der Waals surface area contributed by atoms with Crippen molar-refractivity contribution in [1.82, 2.24) is 0 Å². The molecule has 0 heterocycles. The van der Waals surface area contributed by atoms with Gasteiger partial charge in [0.15, 0.2) is 0 Å². The van der Waals surface area contributed by atoms with Crippen LogP contribution in [0.2, 0.25) is 0 Å². The molecule has 0 N–H and O–H groups in total. The Morgan fingerprint density at radius 2 is 1.44 bits per heavy atom. The standard InChI is InChI=1S/C22H36O3/c1-3-4-5-6-7-8-9-10-11-12-21(23)17-18-25-19-20-13-15-22(24-2)16-14-20/h13-16H,3-12,17-19H2,1-2H3. The van der Waals surface area contributed by atoms with Gasteiger partial charge in [0.1, 0.15) is 11.5 Å². The van der Waals surface area contributed by atoms with Gasteiger partial charge in [0.25, 0.3) is 0 Å². The average Bonchev–Trinajstić information content (AvgIpc) is 2.64. The molecule has 0 amide bonds. The molecular formula is C22H36O3. The average molecular weight is 349 g/mol. The fourth-order valence-electron chi connectivity index (χ4n) is 2.86. The van der Waals surface area contributed by atoms with Gasteiger partial charge in [0.05, 0.1) is 20.3 Å². The molecule has 0 aromatic heterocycles. The molecule has 0 atom stereocenters. The van der Waals surface area contributed by atoms with E-state index in [2.05, 4.69) is 6.92 Å². The number of rotatable bonds is 16. The molecule has 0 spiro atoms. The van der Waals surface area contributed by atoms with Crippen molar-refractivity contribution < 1.29 is 14.3 Å². The Balaban J connectivity index is 1.91. The van der Waals surface area contributed by atoms with E-state index < -0.39 is 0 Å². The third-order valence-corrected chi connectivity index (χ3v) is 4.51. The van der Waals surface area contributed by atoms with Crippen molar-refractivity contribution in [1.29, 1.82) is 0 Å². The molecular weight excluding hydrogens is 312 g/mol. The number of hydrogen-bond acceptors (Lipinski definition) is 3. The lowest BCUT2D eigenvalue weighted by Crippen LogP contribution is -2.04. The second kappa shape index (κ2) is 14.9. The van der Waals surface area contributed by atoms with E-state index in [0.717, 1.165) is 17.7 Å². The lowest BCUT2D eigenvalue weighted by atomic mass is 10.0. The number of Topliss-reactive ketones (excluding diaryl/α,β-unsaturated/α-hetero) is 1. The zero-order chi connectivity index (χ0) is 18.2. The van der Waals surface area contributed by atoms with Crippen LogP contribution in [0.3, 0.4) is 0 Å². The van der Waals surface area contributed by atoms with Crippen LogP contribution in [-0.4, -0.2) is 19.5 Å². The van der Waals surface area contributed by atoms with Crippen molar-refractivity contribution >= 4 is 5.78 Å². The molecule has 0 radical (unpaired) electrons. The van der Waals surface area contributed by atoms with Crippen molar-refractivity contribution in [3.8, 4) is 5.75 Å². The van der Waals surface area contributed by atoms with Gasteiger partial charge in [0, 0.05) is 12.8 Å². The monoisotopic (exact) mass is 348 g/mol. The van der Waals surface area contributed by atoms with Gasteiger partial charge in [-0.25, -0.2) is 0 Å². The van der Waals surface area contributed by atoms with E-state index in [0.29, 0.717) is 31.8 Å². The number of ether oxygens (including phenoxy) is 2. The Morgan fingerprint density at radius 3 is 2.04 bits per heavy atom. The van der Waals surface area contributed by atoms with Gasteiger partial charge < -0.3 is 9.47 Å². The summed E-state index contributed by atoms with van der Waals surface area (Å²) < 4.78 is 10.7. The molecule has 142 valence electrons. The van der Waals surface area contributed by atoms with Gasteiger partial charge in [-0.1, -0.05) is 70.4 Å². The van der Waals surface area contributed by atoms with Crippen LogP contribution in [0.1, 0.15) is 83.1 Å². The Kier molecular flexibility index (Phi) is 13.0. The first-order valence-corrected chi connectivity index (χ1v) is 9.98. The SMILES string of the molecule is CCCCCCCCCCCC(=O)CCOCc1ccc(OC)cc1. The maximum Gasteiger partial charge on any atom is 0.135 e. The van der Waals surface area contributed by atoms with E-state index in [1.807, 2.05) is 24.3 Å². The van der Waals surface area contributed by atoms with Crippen LogP contribution >= 0.6 is 0 Å². The highest BCUT2D eigenvalue weighted by Crippen LogP contribution is 2.13. The van der Waals surface area contributed by atoms with Crippen LogP contribution < -0.4 is 4.74 Å². The summed E-state index contributed by atoms with van der Waals surface area (Å²) in [5.74, 6) is 1.18. The van der Waals surface area contributed by atoms with Gasteiger partial charge in [-0.3, -0.25) is 4.79 Å². The summed E-state index contributed by atoms with van der Waals surface area (Å²) in [6, 6.07) is 7.83. The van der Waals surface area contributed by atoms with E-state index >= 15 is 0 Å². The number of carbonyl (C=O) groups is 1. The quantitative estimate of drug-likeness (QED) is 0.339. The number of carbonyl (C=O) groups excluding carboxylic acids is 1. The molecule has 0 saturated carbocycles. The van der Waals surface area contributed by atoms with E-state index in [-0.39, 0.29) is 0 Å². The normalized spacial score (nSPS) is 10.8. The van der Waals surface area contributed by atoms with Crippen LogP contribution in [0.4, 0.5) is 0 Å².